The molecule has 0 saturated carbocycles. The van der Waals surface area contributed by atoms with Crippen molar-refractivity contribution < 1.29 is 4.42 Å². The van der Waals surface area contributed by atoms with E-state index in [1.165, 1.54) is 65.7 Å². The highest BCUT2D eigenvalue weighted by Gasteiger charge is 2.21. The molecular weight excluding hydrogens is 520 g/mol. The lowest BCUT2D eigenvalue weighted by Gasteiger charge is -2.20. The molecule has 0 aliphatic carbocycles. The molecule has 0 saturated heterocycles. The van der Waals surface area contributed by atoms with E-state index in [1.54, 1.807) is 0 Å². The van der Waals surface area contributed by atoms with Gasteiger partial charge in [-0.25, -0.2) is 0 Å². The number of para-hydroxylation sites is 1. The SMILES string of the molecule is c1ccc(-c2cc3oc4ccccc4c3cc2-c2c3ccccc3c(-c3ccc4ccccc4c3)c3ccccc23)cc1. The molecule has 0 radical (unpaired) electrons. The van der Waals surface area contributed by atoms with Crippen LogP contribution in [0.4, 0.5) is 0 Å². The maximum atomic E-state index is 6.39. The van der Waals surface area contributed by atoms with E-state index >= 15 is 0 Å². The van der Waals surface area contributed by atoms with Crippen molar-refractivity contribution in [3.63, 3.8) is 0 Å². The van der Waals surface area contributed by atoms with Gasteiger partial charge in [-0.15, -0.1) is 0 Å². The topological polar surface area (TPSA) is 13.1 Å². The van der Waals surface area contributed by atoms with Crippen LogP contribution in [0.3, 0.4) is 0 Å². The first-order chi connectivity index (χ1) is 21.3. The van der Waals surface area contributed by atoms with Crippen LogP contribution in [0.5, 0.6) is 0 Å². The molecule has 1 nitrogen and oxygen atoms in total. The summed E-state index contributed by atoms with van der Waals surface area (Å²) in [6.07, 6.45) is 0. The Morgan fingerprint density at radius 2 is 0.884 bits per heavy atom. The van der Waals surface area contributed by atoms with Crippen molar-refractivity contribution in [1.82, 2.24) is 0 Å². The van der Waals surface area contributed by atoms with Crippen LogP contribution in [0, 0.1) is 0 Å². The number of hydrogen-bond acceptors (Lipinski definition) is 1. The summed E-state index contributed by atoms with van der Waals surface area (Å²) in [6, 6.07) is 56.9. The summed E-state index contributed by atoms with van der Waals surface area (Å²) >= 11 is 0. The van der Waals surface area contributed by atoms with Gasteiger partial charge in [0.2, 0.25) is 0 Å². The predicted molar refractivity (Wildman–Crippen MR) is 183 cm³/mol. The molecule has 0 atom stereocenters. The average Bonchev–Trinajstić information content (AvgIpc) is 3.44. The Morgan fingerprint density at radius 3 is 1.60 bits per heavy atom. The predicted octanol–water partition coefficient (Wildman–Crippen LogP) is 12.0. The van der Waals surface area contributed by atoms with E-state index in [9.17, 15) is 0 Å². The monoisotopic (exact) mass is 546 g/mol. The lowest BCUT2D eigenvalue weighted by Crippen LogP contribution is -1.93. The van der Waals surface area contributed by atoms with Gasteiger partial charge in [0.15, 0.2) is 0 Å². The second kappa shape index (κ2) is 9.44. The molecule has 0 N–H and O–H groups in total. The van der Waals surface area contributed by atoms with Crippen molar-refractivity contribution in [2.75, 3.05) is 0 Å². The van der Waals surface area contributed by atoms with Crippen LogP contribution in [0.2, 0.25) is 0 Å². The molecule has 0 amide bonds. The maximum Gasteiger partial charge on any atom is 0.136 e. The molecule has 1 heterocycles. The Morgan fingerprint density at radius 1 is 0.302 bits per heavy atom. The summed E-state index contributed by atoms with van der Waals surface area (Å²) in [5.41, 5.74) is 9.13. The normalized spacial score (nSPS) is 11.7. The average molecular weight is 547 g/mol. The number of rotatable bonds is 3. The summed E-state index contributed by atoms with van der Waals surface area (Å²) in [5, 5.41) is 9.77. The van der Waals surface area contributed by atoms with E-state index in [4.69, 9.17) is 4.42 Å². The number of benzene rings is 8. The fourth-order valence-corrected chi connectivity index (χ4v) is 6.91. The molecule has 0 fully saturated rings. The van der Waals surface area contributed by atoms with Crippen LogP contribution in [0.1, 0.15) is 0 Å². The van der Waals surface area contributed by atoms with Crippen molar-refractivity contribution in [1.29, 1.82) is 0 Å². The minimum absolute atomic E-state index is 0.908. The minimum atomic E-state index is 0.908. The van der Waals surface area contributed by atoms with Crippen LogP contribution >= 0.6 is 0 Å². The van der Waals surface area contributed by atoms with E-state index < -0.39 is 0 Å². The first-order valence-electron chi connectivity index (χ1n) is 14.8. The van der Waals surface area contributed by atoms with E-state index in [0.29, 0.717) is 0 Å². The molecule has 0 bridgehead atoms. The maximum absolute atomic E-state index is 6.39. The molecule has 200 valence electrons. The summed E-state index contributed by atoms with van der Waals surface area (Å²) in [7, 11) is 0. The number of hydrogen-bond donors (Lipinski definition) is 0. The number of fused-ring (bicyclic) bond motifs is 6. The molecule has 43 heavy (non-hydrogen) atoms. The minimum Gasteiger partial charge on any atom is -0.456 e. The van der Waals surface area contributed by atoms with Gasteiger partial charge in [-0.3, -0.25) is 0 Å². The molecule has 0 aliphatic rings. The fourth-order valence-electron chi connectivity index (χ4n) is 6.91. The van der Waals surface area contributed by atoms with Gasteiger partial charge in [0, 0.05) is 10.8 Å². The molecule has 1 heteroatoms. The molecule has 0 unspecified atom stereocenters. The van der Waals surface area contributed by atoms with Gasteiger partial charge in [0.1, 0.15) is 11.2 Å². The molecule has 1 aromatic heterocycles. The zero-order valence-corrected chi connectivity index (χ0v) is 23.4. The highest BCUT2D eigenvalue weighted by Crippen LogP contribution is 2.48. The molecular formula is C42H26O. The van der Waals surface area contributed by atoms with E-state index in [1.807, 2.05) is 6.07 Å². The first-order valence-corrected chi connectivity index (χ1v) is 14.8. The highest BCUT2D eigenvalue weighted by atomic mass is 16.3. The highest BCUT2D eigenvalue weighted by molar-refractivity contribution is 6.23. The van der Waals surface area contributed by atoms with Crippen molar-refractivity contribution >= 4 is 54.3 Å². The first kappa shape index (κ1) is 24.0. The summed E-state index contributed by atoms with van der Waals surface area (Å²) in [6.45, 7) is 0. The third kappa shape index (κ3) is 3.72. The van der Waals surface area contributed by atoms with Gasteiger partial charge in [-0.05, 0) is 90.0 Å². The van der Waals surface area contributed by atoms with Crippen molar-refractivity contribution in [3.8, 4) is 33.4 Å². The van der Waals surface area contributed by atoms with E-state index in [2.05, 4.69) is 152 Å². The zero-order chi connectivity index (χ0) is 28.3. The van der Waals surface area contributed by atoms with Crippen LogP contribution in [0.15, 0.2) is 162 Å². The van der Waals surface area contributed by atoms with Gasteiger partial charge in [-0.2, -0.15) is 0 Å². The smallest absolute Gasteiger partial charge is 0.136 e. The molecule has 9 rings (SSSR count). The molecule has 8 aromatic carbocycles. The largest absolute Gasteiger partial charge is 0.456 e. The Balaban J connectivity index is 1.44. The second-order valence-electron chi connectivity index (χ2n) is 11.3. The number of furan rings is 1. The van der Waals surface area contributed by atoms with Gasteiger partial charge in [-0.1, -0.05) is 133 Å². The Bertz CT molecular complexity index is 2440. The second-order valence-corrected chi connectivity index (χ2v) is 11.3. The van der Waals surface area contributed by atoms with Crippen molar-refractivity contribution in [2.24, 2.45) is 0 Å². The van der Waals surface area contributed by atoms with Crippen LogP contribution < -0.4 is 0 Å². The van der Waals surface area contributed by atoms with Gasteiger partial charge in [0.25, 0.3) is 0 Å². The van der Waals surface area contributed by atoms with Crippen LogP contribution in [-0.4, -0.2) is 0 Å². The van der Waals surface area contributed by atoms with E-state index in [0.717, 1.165) is 21.9 Å². The summed E-state index contributed by atoms with van der Waals surface area (Å²) in [4.78, 5) is 0. The van der Waals surface area contributed by atoms with Crippen molar-refractivity contribution in [3.05, 3.63) is 158 Å². The van der Waals surface area contributed by atoms with Gasteiger partial charge < -0.3 is 4.42 Å². The summed E-state index contributed by atoms with van der Waals surface area (Å²) < 4.78 is 6.39. The fraction of sp³-hybridized carbons (Fsp3) is 0. The Kier molecular flexibility index (Phi) is 5.27. The standard InChI is InChI=1S/C42H26O/c1-2-13-28(14-3-1)36-26-40-37(31-16-10-11-21-39(31)43-40)25-38(36)42-34-19-8-6-17-32(34)41(33-18-7-9-20-35(33)42)30-23-22-27-12-4-5-15-29(27)24-30/h1-26H. The van der Waals surface area contributed by atoms with Crippen LogP contribution in [0.25, 0.3) is 87.6 Å². The Hall–Kier alpha value is -5.66. The van der Waals surface area contributed by atoms with Gasteiger partial charge >= 0.3 is 0 Å². The van der Waals surface area contributed by atoms with Crippen LogP contribution in [-0.2, 0) is 0 Å². The molecule has 0 spiro atoms. The zero-order valence-electron chi connectivity index (χ0n) is 23.4. The third-order valence-corrected chi connectivity index (χ3v) is 8.84. The van der Waals surface area contributed by atoms with Gasteiger partial charge in [0.05, 0.1) is 0 Å². The van der Waals surface area contributed by atoms with E-state index in [-0.39, 0.29) is 0 Å². The third-order valence-electron chi connectivity index (χ3n) is 8.84. The quantitative estimate of drug-likeness (QED) is 0.201. The lowest BCUT2D eigenvalue weighted by atomic mass is 9.83. The molecule has 9 aromatic rings. The lowest BCUT2D eigenvalue weighted by molar-refractivity contribution is 0.669. The Labute approximate surface area is 249 Å². The molecule has 0 aliphatic heterocycles. The van der Waals surface area contributed by atoms with Crippen molar-refractivity contribution in [2.45, 2.75) is 0 Å². The summed E-state index contributed by atoms with van der Waals surface area (Å²) in [5.74, 6) is 0.